The molecule has 28 heavy (non-hydrogen) atoms. The van der Waals surface area contributed by atoms with Gasteiger partial charge in [0.2, 0.25) is 9.84 Å². The third kappa shape index (κ3) is 3.96. The third-order valence-corrected chi connectivity index (χ3v) is 5.78. The summed E-state index contributed by atoms with van der Waals surface area (Å²) in [5, 5.41) is 11.1. The van der Waals surface area contributed by atoms with Gasteiger partial charge in [0, 0.05) is 17.7 Å². The van der Waals surface area contributed by atoms with Crippen molar-refractivity contribution in [2.45, 2.75) is 9.79 Å². The molecule has 0 amide bonds. The molecule has 0 heterocycles. The Morgan fingerprint density at radius 3 is 2.21 bits per heavy atom. The van der Waals surface area contributed by atoms with E-state index in [0.29, 0.717) is 5.56 Å². The van der Waals surface area contributed by atoms with Gasteiger partial charge >= 0.3 is 0 Å². The van der Waals surface area contributed by atoms with Gasteiger partial charge in [0.1, 0.15) is 16.5 Å². The van der Waals surface area contributed by atoms with Crippen molar-refractivity contribution in [2.75, 3.05) is 0 Å². The zero-order chi connectivity index (χ0) is 20.3. The molecule has 0 spiro atoms. The molecular formula is C20H13F2NO4S. The summed E-state index contributed by atoms with van der Waals surface area (Å²) in [6, 6.07) is 13.9. The number of rotatable bonds is 5. The molecule has 0 fully saturated rings. The van der Waals surface area contributed by atoms with Crippen molar-refractivity contribution >= 4 is 27.7 Å². The van der Waals surface area contributed by atoms with Crippen molar-refractivity contribution in [3.8, 4) is 0 Å². The van der Waals surface area contributed by atoms with Crippen LogP contribution in [0.4, 0.5) is 14.5 Å². The lowest BCUT2D eigenvalue weighted by atomic mass is 10.1. The fourth-order valence-corrected chi connectivity index (χ4v) is 3.97. The number of nitro groups is 1. The third-order valence-electron chi connectivity index (χ3n) is 3.96. The van der Waals surface area contributed by atoms with E-state index in [1.165, 1.54) is 60.7 Å². The fourth-order valence-electron chi connectivity index (χ4n) is 2.54. The summed E-state index contributed by atoms with van der Waals surface area (Å²) in [4.78, 5) is 9.85. The second kappa shape index (κ2) is 7.69. The van der Waals surface area contributed by atoms with E-state index in [4.69, 9.17) is 0 Å². The van der Waals surface area contributed by atoms with E-state index in [1.807, 2.05) is 0 Å². The first kappa shape index (κ1) is 19.4. The Morgan fingerprint density at radius 2 is 1.57 bits per heavy atom. The molecule has 0 aliphatic carbocycles. The van der Waals surface area contributed by atoms with Crippen molar-refractivity contribution in [2.24, 2.45) is 0 Å². The number of halogens is 2. The van der Waals surface area contributed by atoms with Gasteiger partial charge in [-0.05, 0) is 35.9 Å². The highest BCUT2D eigenvalue weighted by atomic mass is 32.2. The molecule has 5 nitrogen and oxygen atoms in total. The van der Waals surface area contributed by atoms with E-state index in [0.717, 1.165) is 18.2 Å². The quantitative estimate of drug-likeness (QED) is 0.347. The Balaban J connectivity index is 1.90. The van der Waals surface area contributed by atoms with Gasteiger partial charge in [0.05, 0.1) is 9.82 Å². The fraction of sp³-hybridized carbons (Fsp3) is 0. The normalized spacial score (nSPS) is 11.6. The summed E-state index contributed by atoms with van der Waals surface area (Å²) in [5.74, 6) is -1.40. The van der Waals surface area contributed by atoms with E-state index in [9.17, 15) is 27.3 Å². The molecule has 8 heteroatoms. The largest absolute Gasteiger partial charge is 0.288 e. The van der Waals surface area contributed by atoms with Crippen molar-refractivity contribution in [3.05, 3.63) is 99.6 Å². The molecule has 3 rings (SSSR count). The average molecular weight is 401 g/mol. The van der Waals surface area contributed by atoms with E-state index in [1.54, 1.807) is 0 Å². The van der Waals surface area contributed by atoms with E-state index < -0.39 is 37.0 Å². The monoisotopic (exact) mass is 401 g/mol. The molecule has 142 valence electrons. The molecular weight excluding hydrogens is 388 g/mol. The first-order chi connectivity index (χ1) is 13.3. The number of hydrogen-bond acceptors (Lipinski definition) is 4. The molecule has 0 saturated carbocycles. The summed E-state index contributed by atoms with van der Waals surface area (Å²) >= 11 is 0. The van der Waals surface area contributed by atoms with Crippen molar-refractivity contribution < 1.29 is 22.1 Å². The van der Waals surface area contributed by atoms with Gasteiger partial charge < -0.3 is 0 Å². The Bertz CT molecular complexity index is 1170. The zero-order valence-electron chi connectivity index (χ0n) is 14.2. The van der Waals surface area contributed by atoms with E-state index in [-0.39, 0.29) is 10.5 Å². The van der Waals surface area contributed by atoms with Crippen LogP contribution < -0.4 is 0 Å². The van der Waals surface area contributed by atoms with Crippen LogP contribution in [0.2, 0.25) is 0 Å². The smallest absolute Gasteiger partial charge is 0.258 e. The number of nitro benzene ring substituents is 1. The number of para-hydroxylation sites is 1. The Labute approximate surface area is 159 Å². The first-order valence-corrected chi connectivity index (χ1v) is 9.49. The number of benzene rings is 3. The number of sulfone groups is 1. The molecule has 0 N–H and O–H groups in total. The van der Waals surface area contributed by atoms with Crippen LogP contribution in [0.3, 0.4) is 0 Å². The molecule has 0 atom stereocenters. The molecule has 3 aromatic carbocycles. The van der Waals surface area contributed by atoms with Crippen LogP contribution in [0.15, 0.2) is 76.5 Å². The van der Waals surface area contributed by atoms with Gasteiger partial charge in [-0.2, -0.15) is 0 Å². The van der Waals surface area contributed by atoms with Crippen molar-refractivity contribution in [1.82, 2.24) is 0 Å². The highest BCUT2D eigenvalue weighted by molar-refractivity contribution is 7.91. The lowest BCUT2D eigenvalue weighted by Crippen LogP contribution is -2.05. The van der Waals surface area contributed by atoms with Gasteiger partial charge in [0.15, 0.2) is 0 Å². The van der Waals surface area contributed by atoms with Crippen molar-refractivity contribution in [3.63, 3.8) is 0 Å². The summed E-state index contributed by atoms with van der Waals surface area (Å²) in [5.41, 5.74) is 0.251. The van der Waals surface area contributed by atoms with Gasteiger partial charge in [-0.1, -0.05) is 36.4 Å². The standard InChI is InChI=1S/C20H13F2NO4S/c21-16-10-9-15(18(22)13-16)8-5-14-6-11-17(12-7-14)28(26,27)20-4-2-1-3-19(20)23(24)25/h1-13H/b8-5+. The van der Waals surface area contributed by atoms with Gasteiger partial charge in [-0.15, -0.1) is 0 Å². The molecule has 0 aliphatic rings. The predicted molar refractivity (Wildman–Crippen MR) is 100 cm³/mol. The van der Waals surface area contributed by atoms with Gasteiger partial charge in [-0.3, -0.25) is 10.1 Å². The van der Waals surface area contributed by atoms with Crippen LogP contribution in [0.1, 0.15) is 11.1 Å². The van der Waals surface area contributed by atoms with E-state index >= 15 is 0 Å². The van der Waals surface area contributed by atoms with Crippen LogP contribution in [0, 0.1) is 21.7 Å². The zero-order valence-corrected chi connectivity index (χ0v) is 15.1. The molecule has 0 aromatic heterocycles. The maximum Gasteiger partial charge on any atom is 0.288 e. The molecule has 0 aliphatic heterocycles. The minimum absolute atomic E-state index is 0.105. The molecule has 0 radical (unpaired) electrons. The second-order valence-corrected chi connectivity index (χ2v) is 7.71. The van der Waals surface area contributed by atoms with Gasteiger partial charge in [-0.25, -0.2) is 17.2 Å². The summed E-state index contributed by atoms with van der Waals surface area (Å²) < 4.78 is 52.0. The predicted octanol–water partition coefficient (Wildman–Crippen LogP) is 4.88. The minimum atomic E-state index is -4.08. The van der Waals surface area contributed by atoms with Crippen LogP contribution in [0.5, 0.6) is 0 Å². The van der Waals surface area contributed by atoms with Crippen molar-refractivity contribution in [1.29, 1.82) is 0 Å². The Hall–Kier alpha value is -3.39. The summed E-state index contributed by atoms with van der Waals surface area (Å²) in [7, 11) is -4.08. The highest BCUT2D eigenvalue weighted by Crippen LogP contribution is 2.29. The van der Waals surface area contributed by atoms with Crippen LogP contribution in [-0.2, 0) is 9.84 Å². The lowest BCUT2D eigenvalue weighted by Gasteiger charge is -2.06. The van der Waals surface area contributed by atoms with Gasteiger partial charge in [0.25, 0.3) is 5.69 Å². The summed E-state index contributed by atoms with van der Waals surface area (Å²) in [6.45, 7) is 0. The van der Waals surface area contributed by atoms with Crippen LogP contribution >= 0.6 is 0 Å². The SMILES string of the molecule is O=[N+]([O-])c1ccccc1S(=O)(=O)c1ccc(/C=C/c2ccc(F)cc2F)cc1. The second-order valence-electron chi connectivity index (χ2n) is 5.80. The molecule has 0 saturated heterocycles. The lowest BCUT2D eigenvalue weighted by molar-refractivity contribution is -0.387. The topological polar surface area (TPSA) is 77.3 Å². The summed E-state index contributed by atoms with van der Waals surface area (Å²) in [6.07, 6.45) is 2.97. The molecule has 3 aromatic rings. The maximum absolute atomic E-state index is 13.6. The van der Waals surface area contributed by atoms with Crippen LogP contribution in [0.25, 0.3) is 12.2 Å². The first-order valence-electron chi connectivity index (χ1n) is 8.01. The Morgan fingerprint density at radius 1 is 0.893 bits per heavy atom. The minimum Gasteiger partial charge on any atom is -0.258 e. The molecule has 0 bridgehead atoms. The van der Waals surface area contributed by atoms with E-state index in [2.05, 4.69) is 0 Å². The van der Waals surface area contributed by atoms with Crippen LogP contribution in [-0.4, -0.2) is 13.3 Å². The highest BCUT2D eigenvalue weighted by Gasteiger charge is 2.26. The maximum atomic E-state index is 13.6. The molecule has 0 unspecified atom stereocenters. The Kier molecular flexibility index (Phi) is 5.32. The number of hydrogen-bond donors (Lipinski definition) is 0. The number of nitrogens with zero attached hydrogens (tertiary/aromatic N) is 1. The average Bonchev–Trinajstić information content (AvgIpc) is 2.67.